The molecule has 0 unspecified atom stereocenters. The van der Waals surface area contributed by atoms with Crippen LogP contribution in [0.4, 0.5) is 5.13 Å². The number of aryl methyl sites for hydroxylation is 1. The van der Waals surface area contributed by atoms with Crippen molar-refractivity contribution in [3.05, 3.63) is 45.9 Å². The van der Waals surface area contributed by atoms with E-state index in [0.29, 0.717) is 20.9 Å². The van der Waals surface area contributed by atoms with Gasteiger partial charge < -0.3 is 4.74 Å². The zero-order valence-corrected chi connectivity index (χ0v) is 16.5. The van der Waals surface area contributed by atoms with Crippen LogP contribution in [-0.2, 0) is 4.79 Å². The Kier molecular flexibility index (Phi) is 4.63. The van der Waals surface area contributed by atoms with Crippen molar-refractivity contribution >= 4 is 56.3 Å². The largest absolute Gasteiger partial charge is 0.497 e. The van der Waals surface area contributed by atoms with Gasteiger partial charge in [-0.25, -0.2) is 4.98 Å². The highest BCUT2D eigenvalue weighted by atomic mass is 32.2. The molecule has 1 aliphatic rings. The summed E-state index contributed by atoms with van der Waals surface area (Å²) in [6.45, 7) is 1.87. The molecule has 0 spiro atoms. The standard InChI is InChI=1S/C18H15N5O2S2/c1-10-21-22-17(26-10)20-18-23(2)16(24)15(27-18)9-12-5-4-11-8-13(25-3)6-7-14(11)19-12/h4-9H,1-3H3/b15-9-,20-18+. The lowest BCUT2D eigenvalue weighted by molar-refractivity contribution is -0.121. The van der Waals surface area contributed by atoms with Crippen molar-refractivity contribution < 1.29 is 9.53 Å². The first-order valence-corrected chi connectivity index (χ1v) is 9.68. The highest BCUT2D eigenvalue weighted by Crippen LogP contribution is 2.33. The number of aromatic nitrogens is 3. The number of rotatable bonds is 3. The van der Waals surface area contributed by atoms with Crippen LogP contribution in [0.25, 0.3) is 17.0 Å². The molecule has 0 aliphatic carbocycles. The molecule has 1 fully saturated rings. The van der Waals surface area contributed by atoms with Gasteiger partial charge in [0.1, 0.15) is 10.8 Å². The Morgan fingerprint density at radius 2 is 2.07 bits per heavy atom. The van der Waals surface area contributed by atoms with Crippen molar-refractivity contribution in [2.75, 3.05) is 14.2 Å². The van der Waals surface area contributed by atoms with Gasteiger partial charge in [-0.1, -0.05) is 17.4 Å². The zero-order valence-electron chi connectivity index (χ0n) is 14.8. The van der Waals surface area contributed by atoms with Crippen LogP contribution in [0.1, 0.15) is 10.7 Å². The quantitative estimate of drug-likeness (QED) is 0.628. The molecule has 0 bridgehead atoms. The summed E-state index contributed by atoms with van der Waals surface area (Å²) in [4.78, 5) is 23.7. The first kappa shape index (κ1) is 17.6. The summed E-state index contributed by atoms with van der Waals surface area (Å²) in [5.74, 6) is 0.669. The lowest BCUT2D eigenvalue weighted by atomic mass is 10.2. The van der Waals surface area contributed by atoms with E-state index in [1.165, 1.54) is 28.0 Å². The minimum absolute atomic E-state index is 0.114. The second kappa shape index (κ2) is 7.09. The van der Waals surface area contributed by atoms with Crippen LogP contribution in [0.3, 0.4) is 0 Å². The van der Waals surface area contributed by atoms with Gasteiger partial charge in [0.25, 0.3) is 5.91 Å². The predicted octanol–water partition coefficient (Wildman–Crippen LogP) is 3.64. The van der Waals surface area contributed by atoms with Crippen LogP contribution in [0.15, 0.2) is 40.2 Å². The molecule has 1 aliphatic heterocycles. The number of aliphatic imine (C=N–C) groups is 1. The van der Waals surface area contributed by atoms with E-state index in [4.69, 9.17) is 4.74 Å². The lowest BCUT2D eigenvalue weighted by Crippen LogP contribution is -2.23. The number of ether oxygens (including phenoxy) is 1. The second-order valence-electron chi connectivity index (χ2n) is 5.77. The second-order valence-corrected chi connectivity index (χ2v) is 7.94. The van der Waals surface area contributed by atoms with E-state index in [1.54, 1.807) is 20.2 Å². The molecule has 0 saturated carbocycles. The van der Waals surface area contributed by atoms with E-state index in [2.05, 4.69) is 20.2 Å². The van der Waals surface area contributed by atoms with Gasteiger partial charge in [-0.05, 0) is 49.0 Å². The smallest absolute Gasteiger partial charge is 0.266 e. The van der Waals surface area contributed by atoms with E-state index < -0.39 is 0 Å². The topological polar surface area (TPSA) is 80.6 Å². The van der Waals surface area contributed by atoms with E-state index in [0.717, 1.165) is 21.7 Å². The van der Waals surface area contributed by atoms with Gasteiger partial charge in [-0.15, -0.1) is 10.2 Å². The lowest BCUT2D eigenvalue weighted by Gasteiger charge is -2.05. The fourth-order valence-electron chi connectivity index (χ4n) is 2.53. The number of hydrogen-bond acceptors (Lipinski definition) is 8. The number of hydrogen-bond donors (Lipinski definition) is 0. The Bertz CT molecular complexity index is 1110. The summed E-state index contributed by atoms with van der Waals surface area (Å²) in [5.41, 5.74) is 1.55. The number of thioether (sulfide) groups is 1. The number of amides is 1. The van der Waals surface area contributed by atoms with Gasteiger partial charge in [0.2, 0.25) is 5.13 Å². The molecule has 1 amide bonds. The monoisotopic (exact) mass is 397 g/mol. The molecule has 0 N–H and O–H groups in total. The molecular weight excluding hydrogens is 382 g/mol. The molecule has 9 heteroatoms. The van der Waals surface area contributed by atoms with Crippen molar-refractivity contribution in [2.45, 2.75) is 6.92 Å². The number of pyridine rings is 1. The molecule has 136 valence electrons. The number of fused-ring (bicyclic) bond motifs is 1. The minimum atomic E-state index is -0.114. The van der Waals surface area contributed by atoms with Crippen LogP contribution in [0.2, 0.25) is 0 Å². The molecule has 7 nitrogen and oxygen atoms in total. The molecule has 3 heterocycles. The van der Waals surface area contributed by atoms with Crippen molar-refractivity contribution in [1.82, 2.24) is 20.1 Å². The van der Waals surface area contributed by atoms with Gasteiger partial charge in [-0.3, -0.25) is 9.69 Å². The third-order valence-corrected chi connectivity index (χ3v) is 5.70. The molecule has 2 aromatic heterocycles. The predicted molar refractivity (Wildman–Crippen MR) is 108 cm³/mol. The van der Waals surface area contributed by atoms with Gasteiger partial charge in [0.15, 0.2) is 5.17 Å². The average molecular weight is 397 g/mol. The number of benzene rings is 1. The summed E-state index contributed by atoms with van der Waals surface area (Å²) in [6, 6.07) is 9.54. The average Bonchev–Trinajstić information content (AvgIpc) is 3.20. The number of nitrogens with zero attached hydrogens (tertiary/aromatic N) is 5. The van der Waals surface area contributed by atoms with E-state index in [9.17, 15) is 4.79 Å². The molecule has 27 heavy (non-hydrogen) atoms. The highest BCUT2D eigenvalue weighted by Gasteiger charge is 2.30. The minimum Gasteiger partial charge on any atom is -0.497 e. The molecule has 1 saturated heterocycles. The summed E-state index contributed by atoms with van der Waals surface area (Å²) in [7, 11) is 3.33. The van der Waals surface area contributed by atoms with Crippen LogP contribution >= 0.6 is 23.1 Å². The highest BCUT2D eigenvalue weighted by molar-refractivity contribution is 8.18. The van der Waals surface area contributed by atoms with Crippen molar-refractivity contribution in [3.8, 4) is 5.75 Å². The summed E-state index contributed by atoms with van der Waals surface area (Å²) < 4.78 is 5.23. The Labute approximate surface area is 163 Å². The normalized spacial score (nSPS) is 17.4. The van der Waals surface area contributed by atoms with Gasteiger partial charge >= 0.3 is 0 Å². The molecule has 4 rings (SSSR count). The van der Waals surface area contributed by atoms with Crippen LogP contribution in [0.5, 0.6) is 5.75 Å². The number of methoxy groups -OCH3 is 1. The zero-order chi connectivity index (χ0) is 19.0. The maximum absolute atomic E-state index is 12.5. The fourth-order valence-corrected chi connectivity index (χ4v) is 4.10. The summed E-state index contributed by atoms with van der Waals surface area (Å²) >= 11 is 2.69. The fraction of sp³-hybridized carbons (Fsp3) is 0.167. The third kappa shape index (κ3) is 3.56. The van der Waals surface area contributed by atoms with E-state index >= 15 is 0 Å². The maximum atomic E-state index is 12.5. The third-order valence-electron chi connectivity index (χ3n) is 3.91. The molecule has 0 radical (unpaired) electrons. The first-order valence-electron chi connectivity index (χ1n) is 8.05. The van der Waals surface area contributed by atoms with Crippen LogP contribution in [0, 0.1) is 6.92 Å². The Morgan fingerprint density at radius 1 is 1.22 bits per heavy atom. The van der Waals surface area contributed by atoms with Gasteiger partial charge in [-0.2, -0.15) is 4.99 Å². The Morgan fingerprint density at radius 3 is 2.81 bits per heavy atom. The van der Waals surface area contributed by atoms with Crippen molar-refractivity contribution in [2.24, 2.45) is 4.99 Å². The Balaban J connectivity index is 1.64. The number of carbonyl (C=O) groups excluding carboxylic acids is 1. The number of amidine groups is 1. The van der Waals surface area contributed by atoms with Gasteiger partial charge in [0, 0.05) is 12.4 Å². The van der Waals surface area contributed by atoms with Crippen LogP contribution in [-0.4, -0.2) is 45.3 Å². The van der Waals surface area contributed by atoms with Crippen molar-refractivity contribution in [3.63, 3.8) is 0 Å². The number of carbonyl (C=O) groups is 1. The first-order chi connectivity index (χ1) is 13.0. The summed E-state index contributed by atoms with van der Waals surface area (Å²) in [6.07, 6.45) is 1.78. The summed E-state index contributed by atoms with van der Waals surface area (Å²) in [5, 5.41) is 10.9. The maximum Gasteiger partial charge on any atom is 0.266 e. The van der Waals surface area contributed by atoms with Gasteiger partial charge in [0.05, 0.1) is 23.2 Å². The van der Waals surface area contributed by atoms with E-state index in [1.807, 2.05) is 37.3 Å². The Hall–Kier alpha value is -2.78. The molecule has 3 aromatic rings. The molecule has 1 aromatic carbocycles. The number of likely N-dealkylation sites (N-methyl/N-ethyl adjacent to an activating group) is 1. The molecular formula is C18H15N5O2S2. The van der Waals surface area contributed by atoms with E-state index in [-0.39, 0.29) is 5.91 Å². The SMILES string of the molecule is COc1ccc2nc(/C=C3\S/C(=N/c4nnc(C)s4)N(C)C3=O)ccc2c1. The van der Waals surface area contributed by atoms with Crippen LogP contribution < -0.4 is 4.74 Å². The van der Waals surface area contributed by atoms with Crippen molar-refractivity contribution in [1.29, 1.82) is 0 Å². The molecule has 0 atom stereocenters.